The molecule has 1 N–H and O–H groups in total. The van der Waals surface area contributed by atoms with Gasteiger partial charge in [-0.3, -0.25) is 0 Å². The minimum atomic E-state index is -3.45. The molecule has 2 aromatic carbocycles. The van der Waals surface area contributed by atoms with Gasteiger partial charge < -0.3 is 5.11 Å². The first-order chi connectivity index (χ1) is 11.9. The summed E-state index contributed by atoms with van der Waals surface area (Å²) in [5.41, 5.74) is 2.02. The lowest BCUT2D eigenvalue weighted by molar-refractivity contribution is 0.383. The number of nitrogens with zero attached hydrogens (tertiary/aromatic N) is 2. The van der Waals surface area contributed by atoms with Crippen molar-refractivity contribution < 1.29 is 13.5 Å². The summed E-state index contributed by atoms with van der Waals surface area (Å²) in [6, 6.07) is 16.8. The lowest BCUT2D eigenvalue weighted by Gasteiger charge is -2.24. The van der Waals surface area contributed by atoms with Crippen LogP contribution in [0.1, 0.15) is 17.5 Å². The third-order valence-electron chi connectivity index (χ3n) is 4.65. The van der Waals surface area contributed by atoms with Gasteiger partial charge in [-0.15, -0.1) is 0 Å². The molecule has 6 heteroatoms. The molecule has 1 atom stereocenters. The molecule has 134 valence electrons. The van der Waals surface area contributed by atoms with E-state index >= 15 is 0 Å². The molecule has 0 amide bonds. The molecule has 25 heavy (non-hydrogen) atoms. The molecular weight excluding hydrogens is 336 g/mol. The molecule has 1 unspecified atom stereocenters. The Morgan fingerprint density at radius 3 is 2.56 bits per heavy atom. The molecule has 1 aliphatic heterocycles. The Kier molecular flexibility index (Phi) is 5.42. The van der Waals surface area contributed by atoms with Crippen molar-refractivity contribution in [1.82, 2.24) is 8.61 Å². The average Bonchev–Trinajstić information content (AvgIpc) is 3.05. The largest absolute Gasteiger partial charge is 0.508 e. The molecule has 0 aliphatic carbocycles. The molecule has 5 nitrogen and oxygen atoms in total. The van der Waals surface area contributed by atoms with E-state index in [1.165, 1.54) is 4.31 Å². The second-order valence-electron chi connectivity index (χ2n) is 6.64. The molecule has 0 bridgehead atoms. The number of benzene rings is 2. The van der Waals surface area contributed by atoms with E-state index in [0.717, 1.165) is 24.0 Å². The standard InChI is InChI=1S/C19H24N2O3S/c1-20(14-16-6-3-2-4-7-16)25(23,24)21-11-10-18(15-21)12-17-8-5-9-19(22)13-17/h2-9,13,18,22H,10-12,14-15H2,1H3. The average molecular weight is 360 g/mol. The summed E-state index contributed by atoms with van der Waals surface area (Å²) in [5, 5.41) is 9.57. The SMILES string of the molecule is CN(Cc1ccccc1)S(=O)(=O)N1CCC(Cc2cccc(O)c2)C1. The fraction of sp³-hybridized carbons (Fsp3) is 0.368. The molecular formula is C19H24N2O3S. The quantitative estimate of drug-likeness (QED) is 0.861. The summed E-state index contributed by atoms with van der Waals surface area (Å²) < 4.78 is 28.6. The summed E-state index contributed by atoms with van der Waals surface area (Å²) in [6.45, 7) is 1.44. The van der Waals surface area contributed by atoms with Gasteiger partial charge in [0.05, 0.1) is 0 Å². The van der Waals surface area contributed by atoms with Crippen LogP contribution >= 0.6 is 0 Å². The van der Waals surface area contributed by atoms with Crippen LogP contribution in [0.4, 0.5) is 0 Å². The van der Waals surface area contributed by atoms with Crippen LogP contribution in [0, 0.1) is 5.92 Å². The lowest BCUT2D eigenvalue weighted by atomic mass is 9.99. The molecule has 0 saturated carbocycles. The lowest BCUT2D eigenvalue weighted by Crippen LogP contribution is -2.40. The minimum Gasteiger partial charge on any atom is -0.508 e. The number of hydrogen-bond donors (Lipinski definition) is 1. The zero-order valence-electron chi connectivity index (χ0n) is 14.4. The van der Waals surface area contributed by atoms with Crippen molar-refractivity contribution in [2.75, 3.05) is 20.1 Å². The van der Waals surface area contributed by atoms with E-state index in [1.54, 1.807) is 23.5 Å². The van der Waals surface area contributed by atoms with Crippen LogP contribution in [0.15, 0.2) is 54.6 Å². The first kappa shape index (κ1) is 17.9. The van der Waals surface area contributed by atoms with Crippen molar-refractivity contribution in [3.63, 3.8) is 0 Å². The summed E-state index contributed by atoms with van der Waals surface area (Å²) in [6.07, 6.45) is 1.62. The minimum absolute atomic E-state index is 0.252. The van der Waals surface area contributed by atoms with E-state index < -0.39 is 10.2 Å². The third kappa shape index (κ3) is 4.39. The Bertz CT molecular complexity index is 808. The van der Waals surface area contributed by atoms with Crippen LogP contribution in [0.2, 0.25) is 0 Å². The van der Waals surface area contributed by atoms with Crippen LogP contribution in [-0.2, 0) is 23.2 Å². The predicted molar refractivity (Wildman–Crippen MR) is 98.3 cm³/mol. The molecule has 0 spiro atoms. The van der Waals surface area contributed by atoms with Gasteiger partial charge in [-0.2, -0.15) is 17.0 Å². The van der Waals surface area contributed by atoms with Crippen molar-refractivity contribution >= 4 is 10.2 Å². The van der Waals surface area contributed by atoms with Crippen LogP contribution in [0.3, 0.4) is 0 Å². The highest BCUT2D eigenvalue weighted by Crippen LogP contribution is 2.25. The Labute approximate surface area is 149 Å². The summed E-state index contributed by atoms with van der Waals surface area (Å²) in [7, 11) is -1.82. The van der Waals surface area contributed by atoms with Gasteiger partial charge in [-0.05, 0) is 42.0 Å². The predicted octanol–water partition coefficient (Wildman–Crippen LogP) is 2.63. The molecule has 1 heterocycles. The van der Waals surface area contributed by atoms with Gasteiger partial charge >= 0.3 is 0 Å². The fourth-order valence-corrected chi connectivity index (χ4v) is 4.75. The highest BCUT2D eigenvalue weighted by Gasteiger charge is 2.34. The number of aromatic hydroxyl groups is 1. The van der Waals surface area contributed by atoms with Gasteiger partial charge in [-0.1, -0.05) is 42.5 Å². The fourth-order valence-electron chi connectivity index (χ4n) is 3.31. The Hall–Kier alpha value is -1.89. The van der Waals surface area contributed by atoms with Crippen LogP contribution < -0.4 is 0 Å². The van der Waals surface area contributed by atoms with Gasteiger partial charge in [0.25, 0.3) is 10.2 Å². The van der Waals surface area contributed by atoms with E-state index in [2.05, 4.69) is 0 Å². The molecule has 1 fully saturated rings. The molecule has 1 saturated heterocycles. The molecule has 2 aromatic rings. The van der Waals surface area contributed by atoms with Crippen molar-refractivity contribution in [2.45, 2.75) is 19.4 Å². The van der Waals surface area contributed by atoms with Gasteiger partial charge in [0, 0.05) is 26.7 Å². The van der Waals surface area contributed by atoms with E-state index in [4.69, 9.17) is 0 Å². The highest BCUT2D eigenvalue weighted by atomic mass is 32.2. The van der Waals surface area contributed by atoms with E-state index in [0.29, 0.717) is 19.6 Å². The topological polar surface area (TPSA) is 60.9 Å². The summed E-state index contributed by atoms with van der Waals surface area (Å²) in [4.78, 5) is 0. The van der Waals surface area contributed by atoms with Crippen LogP contribution in [-0.4, -0.2) is 42.3 Å². The summed E-state index contributed by atoms with van der Waals surface area (Å²) >= 11 is 0. The number of hydrogen-bond acceptors (Lipinski definition) is 3. The van der Waals surface area contributed by atoms with Gasteiger partial charge in [0.1, 0.15) is 5.75 Å². The second kappa shape index (κ2) is 7.56. The normalized spacial score (nSPS) is 18.7. The first-order valence-electron chi connectivity index (χ1n) is 8.48. The Balaban J connectivity index is 1.62. The number of phenols is 1. The number of rotatable bonds is 6. The highest BCUT2D eigenvalue weighted by molar-refractivity contribution is 7.86. The van der Waals surface area contributed by atoms with Gasteiger partial charge in [0.2, 0.25) is 0 Å². The van der Waals surface area contributed by atoms with Crippen molar-refractivity contribution in [3.8, 4) is 5.75 Å². The van der Waals surface area contributed by atoms with Crippen molar-refractivity contribution in [2.24, 2.45) is 5.92 Å². The van der Waals surface area contributed by atoms with Crippen molar-refractivity contribution in [3.05, 3.63) is 65.7 Å². The smallest absolute Gasteiger partial charge is 0.282 e. The molecule has 0 aromatic heterocycles. The second-order valence-corrected chi connectivity index (χ2v) is 8.67. The van der Waals surface area contributed by atoms with Gasteiger partial charge in [-0.25, -0.2) is 0 Å². The maximum atomic E-state index is 12.8. The zero-order valence-corrected chi connectivity index (χ0v) is 15.2. The monoisotopic (exact) mass is 360 g/mol. The summed E-state index contributed by atoms with van der Waals surface area (Å²) in [5.74, 6) is 0.532. The molecule has 3 rings (SSSR count). The van der Waals surface area contributed by atoms with Crippen LogP contribution in [0.25, 0.3) is 0 Å². The Morgan fingerprint density at radius 1 is 1.12 bits per heavy atom. The van der Waals surface area contributed by atoms with E-state index in [-0.39, 0.29) is 11.7 Å². The van der Waals surface area contributed by atoms with E-state index in [1.807, 2.05) is 42.5 Å². The maximum absolute atomic E-state index is 12.8. The molecule has 1 aliphatic rings. The third-order valence-corrected chi connectivity index (χ3v) is 6.55. The first-order valence-corrected chi connectivity index (χ1v) is 9.88. The Morgan fingerprint density at radius 2 is 1.84 bits per heavy atom. The number of phenolic OH excluding ortho intramolecular Hbond substituents is 1. The molecule has 0 radical (unpaired) electrons. The maximum Gasteiger partial charge on any atom is 0.282 e. The van der Waals surface area contributed by atoms with Crippen LogP contribution in [0.5, 0.6) is 5.75 Å². The van der Waals surface area contributed by atoms with E-state index in [9.17, 15) is 13.5 Å². The van der Waals surface area contributed by atoms with Crippen molar-refractivity contribution in [1.29, 1.82) is 0 Å². The zero-order chi connectivity index (χ0) is 17.9. The van der Waals surface area contributed by atoms with Gasteiger partial charge in [0.15, 0.2) is 0 Å².